The number of carbonyl (C=O) groups is 1. The number of rotatable bonds is 4. The second-order valence-corrected chi connectivity index (χ2v) is 5.82. The molecule has 1 aliphatic heterocycles. The molecule has 1 fully saturated rings. The maximum atomic E-state index is 12.3. The predicted molar refractivity (Wildman–Crippen MR) is 80.2 cm³/mol. The van der Waals surface area contributed by atoms with Gasteiger partial charge in [0.15, 0.2) is 5.13 Å². The molecule has 0 aromatic carbocycles. The molecule has 2 aromatic rings. The van der Waals surface area contributed by atoms with Gasteiger partial charge in [-0.05, 0) is 6.42 Å². The van der Waals surface area contributed by atoms with Crippen LogP contribution in [-0.2, 0) is 11.3 Å². The Balaban J connectivity index is 1.51. The summed E-state index contributed by atoms with van der Waals surface area (Å²) in [5.41, 5.74) is 0. The second-order valence-electron chi connectivity index (χ2n) is 4.94. The minimum Gasteiger partial charge on any atom is -0.346 e. The minimum absolute atomic E-state index is 0.187. The first-order chi connectivity index (χ1) is 10.3. The van der Waals surface area contributed by atoms with Gasteiger partial charge in [0.2, 0.25) is 5.91 Å². The number of thiazole rings is 1. The zero-order valence-electron chi connectivity index (χ0n) is 11.8. The first-order valence-electron chi connectivity index (χ1n) is 7.07. The standard InChI is InChI=1S/C13H18N6OS/c20-12(2-6-19-11-14-10-16-19)17-4-1-5-18(8-7-17)13-15-3-9-21-13/h3,9-11H,1-2,4-8H2. The fraction of sp³-hybridized carbons (Fsp3) is 0.538. The highest BCUT2D eigenvalue weighted by Gasteiger charge is 2.20. The summed E-state index contributed by atoms with van der Waals surface area (Å²) in [4.78, 5) is 24.7. The van der Waals surface area contributed by atoms with Gasteiger partial charge >= 0.3 is 0 Å². The molecule has 1 aliphatic rings. The van der Waals surface area contributed by atoms with E-state index in [0.717, 1.165) is 37.7 Å². The topological polar surface area (TPSA) is 67.2 Å². The monoisotopic (exact) mass is 306 g/mol. The molecule has 0 bridgehead atoms. The van der Waals surface area contributed by atoms with Crippen LogP contribution in [0.2, 0.25) is 0 Å². The lowest BCUT2D eigenvalue weighted by Crippen LogP contribution is -2.35. The molecule has 0 unspecified atom stereocenters. The molecule has 0 N–H and O–H groups in total. The van der Waals surface area contributed by atoms with Crippen molar-refractivity contribution in [3.63, 3.8) is 0 Å². The predicted octanol–water partition coefficient (Wildman–Crippen LogP) is 0.864. The van der Waals surface area contributed by atoms with Crippen molar-refractivity contribution in [3.8, 4) is 0 Å². The number of aromatic nitrogens is 4. The van der Waals surface area contributed by atoms with Crippen LogP contribution >= 0.6 is 11.3 Å². The van der Waals surface area contributed by atoms with Crippen molar-refractivity contribution in [3.05, 3.63) is 24.2 Å². The highest BCUT2D eigenvalue weighted by molar-refractivity contribution is 7.13. The van der Waals surface area contributed by atoms with Crippen LogP contribution < -0.4 is 4.90 Å². The molecule has 1 saturated heterocycles. The fourth-order valence-electron chi connectivity index (χ4n) is 2.45. The lowest BCUT2D eigenvalue weighted by Gasteiger charge is -2.21. The van der Waals surface area contributed by atoms with Gasteiger partial charge in [0.1, 0.15) is 12.7 Å². The molecule has 3 rings (SSSR count). The van der Waals surface area contributed by atoms with Crippen molar-refractivity contribution < 1.29 is 4.79 Å². The van der Waals surface area contributed by atoms with Crippen LogP contribution in [0.4, 0.5) is 5.13 Å². The van der Waals surface area contributed by atoms with Crippen LogP contribution in [0.25, 0.3) is 0 Å². The summed E-state index contributed by atoms with van der Waals surface area (Å²) in [7, 11) is 0. The van der Waals surface area contributed by atoms with Gasteiger partial charge in [0.25, 0.3) is 0 Å². The van der Waals surface area contributed by atoms with E-state index in [0.29, 0.717) is 13.0 Å². The van der Waals surface area contributed by atoms with Crippen molar-refractivity contribution >= 4 is 22.4 Å². The van der Waals surface area contributed by atoms with Crippen LogP contribution in [0.15, 0.2) is 24.2 Å². The Bertz CT molecular complexity index is 555. The molecule has 0 aliphatic carbocycles. The highest BCUT2D eigenvalue weighted by atomic mass is 32.1. The summed E-state index contributed by atoms with van der Waals surface area (Å²) < 4.78 is 1.69. The van der Waals surface area contributed by atoms with E-state index in [1.807, 2.05) is 16.5 Å². The third kappa shape index (κ3) is 3.57. The Kier molecular flexibility index (Phi) is 4.44. The fourth-order valence-corrected chi connectivity index (χ4v) is 3.14. The summed E-state index contributed by atoms with van der Waals surface area (Å²) in [6, 6.07) is 0. The first-order valence-corrected chi connectivity index (χ1v) is 7.95. The van der Waals surface area contributed by atoms with E-state index in [1.165, 1.54) is 6.33 Å². The van der Waals surface area contributed by atoms with E-state index >= 15 is 0 Å². The number of anilines is 1. The van der Waals surface area contributed by atoms with Gasteiger partial charge in [0, 0.05) is 44.2 Å². The maximum Gasteiger partial charge on any atom is 0.224 e. The smallest absolute Gasteiger partial charge is 0.224 e. The first kappa shape index (κ1) is 14.0. The van der Waals surface area contributed by atoms with E-state index in [4.69, 9.17) is 0 Å². The van der Waals surface area contributed by atoms with Crippen LogP contribution in [-0.4, -0.2) is 56.7 Å². The van der Waals surface area contributed by atoms with E-state index in [9.17, 15) is 4.79 Å². The third-order valence-electron chi connectivity index (χ3n) is 3.56. The van der Waals surface area contributed by atoms with E-state index < -0.39 is 0 Å². The van der Waals surface area contributed by atoms with Gasteiger partial charge in [-0.3, -0.25) is 9.48 Å². The van der Waals surface area contributed by atoms with Gasteiger partial charge in [-0.15, -0.1) is 11.3 Å². The van der Waals surface area contributed by atoms with Crippen molar-refractivity contribution in [2.45, 2.75) is 19.4 Å². The van der Waals surface area contributed by atoms with Gasteiger partial charge in [0.05, 0.1) is 6.54 Å². The van der Waals surface area contributed by atoms with Crippen molar-refractivity contribution in [2.24, 2.45) is 0 Å². The summed E-state index contributed by atoms with van der Waals surface area (Å²) >= 11 is 1.65. The van der Waals surface area contributed by atoms with Crippen molar-refractivity contribution in [1.29, 1.82) is 0 Å². The Hall–Kier alpha value is -1.96. The average molecular weight is 306 g/mol. The highest BCUT2D eigenvalue weighted by Crippen LogP contribution is 2.19. The van der Waals surface area contributed by atoms with Crippen LogP contribution in [0.3, 0.4) is 0 Å². The summed E-state index contributed by atoms with van der Waals surface area (Å²) in [6.07, 6.45) is 6.41. The number of aryl methyl sites for hydroxylation is 1. The largest absolute Gasteiger partial charge is 0.346 e. The molecule has 2 aromatic heterocycles. The second kappa shape index (κ2) is 6.66. The Morgan fingerprint density at radius 2 is 2.24 bits per heavy atom. The maximum absolute atomic E-state index is 12.3. The molecule has 1 amide bonds. The molecule has 112 valence electrons. The normalized spacial score (nSPS) is 16.0. The van der Waals surface area contributed by atoms with Gasteiger partial charge in [-0.2, -0.15) is 5.10 Å². The van der Waals surface area contributed by atoms with E-state index in [1.54, 1.807) is 22.3 Å². The molecule has 8 heteroatoms. The van der Waals surface area contributed by atoms with E-state index in [2.05, 4.69) is 20.0 Å². The van der Waals surface area contributed by atoms with Gasteiger partial charge in [-0.25, -0.2) is 9.97 Å². The molecular formula is C13H18N6OS. The molecular weight excluding hydrogens is 288 g/mol. The lowest BCUT2D eigenvalue weighted by atomic mass is 10.3. The Morgan fingerprint density at radius 1 is 1.29 bits per heavy atom. The van der Waals surface area contributed by atoms with Gasteiger partial charge in [-0.1, -0.05) is 0 Å². The molecule has 0 spiro atoms. The lowest BCUT2D eigenvalue weighted by molar-refractivity contribution is -0.131. The average Bonchev–Trinajstić information content (AvgIpc) is 3.15. The summed E-state index contributed by atoms with van der Waals surface area (Å²) in [5, 5.41) is 7.05. The Labute approximate surface area is 127 Å². The van der Waals surface area contributed by atoms with Crippen molar-refractivity contribution in [1.82, 2.24) is 24.6 Å². The van der Waals surface area contributed by atoms with Gasteiger partial charge < -0.3 is 9.80 Å². The molecule has 7 nitrogen and oxygen atoms in total. The van der Waals surface area contributed by atoms with Crippen LogP contribution in [0.1, 0.15) is 12.8 Å². The third-order valence-corrected chi connectivity index (χ3v) is 4.39. The number of hydrogen-bond donors (Lipinski definition) is 0. The number of hydrogen-bond acceptors (Lipinski definition) is 6. The molecule has 3 heterocycles. The zero-order valence-corrected chi connectivity index (χ0v) is 12.6. The molecule has 0 radical (unpaired) electrons. The zero-order chi connectivity index (χ0) is 14.5. The number of carbonyl (C=O) groups excluding carboxylic acids is 1. The summed E-state index contributed by atoms with van der Waals surface area (Å²) in [5.74, 6) is 0.187. The molecule has 0 atom stereocenters. The van der Waals surface area contributed by atoms with Crippen molar-refractivity contribution in [2.75, 3.05) is 31.1 Å². The minimum atomic E-state index is 0.187. The van der Waals surface area contributed by atoms with E-state index in [-0.39, 0.29) is 5.91 Å². The number of nitrogens with zero attached hydrogens (tertiary/aromatic N) is 6. The molecule has 0 saturated carbocycles. The SMILES string of the molecule is O=C(CCn1cncn1)N1CCCN(c2nccs2)CC1. The Morgan fingerprint density at radius 3 is 3.00 bits per heavy atom. The van der Waals surface area contributed by atoms with Crippen LogP contribution in [0.5, 0.6) is 0 Å². The summed E-state index contributed by atoms with van der Waals surface area (Å²) in [6.45, 7) is 3.97. The number of amides is 1. The van der Waals surface area contributed by atoms with Crippen LogP contribution in [0, 0.1) is 0 Å². The molecule has 21 heavy (non-hydrogen) atoms. The quantitative estimate of drug-likeness (QED) is 0.838.